The van der Waals surface area contributed by atoms with Crippen LogP contribution in [0.4, 0.5) is 11.4 Å². The fourth-order valence-electron chi connectivity index (χ4n) is 3.96. The highest BCUT2D eigenvalue weighted by atomic mass is 32.2. The van der Waals surface area contributed by atoms with Crippen LogP contribution >= 0.6 is 0 Å². The van der Waals surface area contributed by atoms with Gasteiger partial charge in [-0.05, 0) is 58.2 Å². The van der Waals surface area contributed by atoms with Crippen LogP contribution in [-0.2, 0) is 19.4 Å². The second-order valence-electron chi connectivity index (χ2n) is 8.89. The molecule has 180 valence electrons. The zero-order valence-corrected chi connectivity index (χ0v) is 20.7. The molecule has 0 fully saturated rings. The third kappa shape index (κ3) is 5.35. The van der Waals surface area contributed by atoms with E-state index in [1.165, 1.54) is 35.2 Å². The summed E-state index contributed by atoms with van der Waals surface area (Å²) < 4.78 is 34.1. The lowest BCUT2D eigenvalue weighted by atomic mass is 9.99. The SMILES string of the molecule is CC(C)C[C@@](C(=O)OC(C)C)(N(c1cccc([N+](=O)[O-])c1)C(C)C)S(=O)(=O)c1ccccc1. The Hall–Kier alpha value is -2.94. The van der Waals surface area contributed by atoms with Gasteiger partial charge in [-0.15, -0.1) is 0 Å². The number of nitro groups is 1. The van der Waals surface area contributed by atoms with Crippen LogP contribution in [0.3, 0.4) is 0 Å². The average Bonchev–Trinajstić information content (AvgIpc) is 2.72. The summed E-state index contributed by atoms with van der Waals surface area (Å²) in [6.07, 6.45) is -0.634. The molecule has 0 radical (unpaired) electrons. The molecular formula is C24H32N2O6S. The van der Waals surface area contributed by atoms with Gasteiger partial charge in [-0.3, -0.25) is 10.1 Å². The van der Waals surface area contributed by atoms with Crippen molar-refractivity contribution in [3.8, 4) is 0 Å². The third-order valence-electron chi connectivity index (χ3n) is 5.07. The van der Waals surface area contributed by atoms with E-state index >= 15 is 0 Å². The molecule has 8 nitrogen and oxygen atoms in total. The number of hydrogen-bond acceptors (Lipinski definition) is 7. The van der Waals surface area contributed by atoms with Crippen molar-refractivity contribution < 1.29 is 22.9 Å². The van der Waals surface area contributed by atoms with E-state index in [1.54, 1.807) is 52.0 Å². The van der Waals surface area contributed by atoms with Gasteiger partial charge >= 0.3 is 5.97 Å². The maximum Gasteiger partial charge on any atom is 0.348 e. The summed E-state index contributed by atoms with van der Waals surface area (Å²) in [6, 6.07) is 12.9. The molecular weight excluding hydrogens is 444 g/mol. The van der Waals surface area contributed by atoms with E-state index in [1.807, 2.05) is 13.8 Å². The molecule has 0 heterocycles. The number of nitro benzene ring substituents is 1. The Balaban J connectivity index is 2.97. The molecule has 0 saturated carbocycles. The molecule has 2 aromatic carbocycles. The molecule has 1 atom stereocenters. The van der Waals surface area contributed by atoms with Crippen LogP contribution < -0.4 is 4.90 Å². The molecule has 9 heteroatoms. The molecule has 0 N–H and O–H groups in total. The van der Waals surface area contributed by atoms with Crippen LogP contribution in [-0.4, -0.2) is 36.3 Å². The molecule has 0 saturated heterocycles. The summed E-state index contributed by atoms with van der Waals surface area (Å²) in [4.78, 5) is 24.0. The molecule has 33 heavy (non-hydrogen) atoms. The summed E-state index contributed by atoms with van der Waals surface area (Å²) in [5.74, 6) is -1.13. The first kappa shape index (κ1) is 26.3. The summed E-state index contributed by atoms with van der Waals surface area (Å²) in [5, 5.41) is 11.4. The van der Waals surface area contributed by atoms with Gasteiger partial charge < -0.3 is 9.64 Å². The van der Waals surface area contributed by atoms with Crippen LogP contribution in [0.15, 0.2) is 59.5 Å². The number of benzene rings is 2. The van der Waals surface area contributed by atoms with Gasteiger partial charge in [-0.1, -0.05) is 38.1 Å². The van der Waals surface area contributed by atoms with Crippen LogP contribution in [0.25, 0.3) is 0 Å². The minimum Gasteiger partial charge on any atom is -0.460 e. The zero-order chi connectivity index (χ0) is 25.0. The number of ether oxygens (including phenoxy) is 1. The van der Waals surface area contributed by atoms with E-state index in [0.717, 1.165) is 0 Å². The number of non-ortho nitro benzene ring substituents is 1. The average molecular weight is 477 g/mol. The van der Waals surface area contributed by atoms with E-state index in [0.29, 0.717) is 0 Å². The van der Waals surface area contributed by atoms with Crippen molar-refractivity contribution in [2.24, 2.45) is 5.92 Å². The fraction of sp³-hybridized carbons (Fsp3) is 0.458. The predicted molar refractivity (Wildman–Crippen MR) is 128 cm³/mol. The van der Waals surface area contributed by atoms with Gasteiger partial charge in [0.15, 0.2) is 0 Å². The largest absolute Gasteiger partial charge is 0.460 e. The fourth-order valence-corrected chi connectivity index (χ4v) is 6.26. The smallest absolute Gasteiger partial charge is 0.348 e. The number of nitrogens with zero attached hydrogens (tertiary/aromatic N) is 2. The first-order valence-electron chi connectivity index (χ1n) is 10.9. The topological polar surface area (TPSA) is 107 Å². The van der Waals surface area contributed by atoms with Crippen molar-refractivity contribution in [1.82, 2.24) is 0 Å². The number of hydrogen-bond donors (Lipinski definition) is 0. The number of carbonyl (C=O) groups excluding carboxylic acids is 1. The van der Waals surface area contributed by atoms with Crippen LogP contribution in [0.5, 0.6) is 0 Å². The molecule has 0 aliphatic rings. The Morgan fingerprint density at radius 3 is 2.12 bits per heavy atom. The number of carbonyl (C=O) groups is 1. The van der Waals surface area contributed by atoms with Gasteiger partial charge in [0.05, 0.1) is 15.9 Å². The summed E-state index contributed by atoms with van der Waals surface area (Å²) >= 11 is 0. The van der Waals surface area contributed by atoms with Gasteiger partial charge in [-0.2, -0.15) is 0 Å². The molecule has 0 unspecified atom stereocenters. The molecule has 2 aromatic rings. The summed E-state index contributed by atoms with van der Waals surface area (Å²) in [5.41, 5.74) is 0.0472. The van der Waals surface area contributed by atoms with Crippen LogP contribution in [0, 0.1) is 16.0 Å². The minimum atomic E-state index is -4.35. The van der Waals surface area contributed by atoms with Gasteiger partial charge in [0.25, 0.3) is 5.69 Å². The van der Waals surface area contributed by atoms with Crippen molar-refractivity contribution in [2.75, 3.05) is 4.90 Å². The highest BCUT2D eigenvalue weighted by Gasteiger charge is 2.58. The van der Waals surface area contributed by atoms with E-state index in [2.05, 4.69) is 0 Å². The molecule has 0 spiro atoms. The Morgan fingerprint density at radius 2 is 1.64 bits per heavy atom. The van der Waals surface area contributed by atoms with Crippen molar-refractivity contribution in [2.45, 2.75) is 69.9 Å². The molecule has 0 amide bonds. The zero-order valence-electron chi connectivity index (χ0n) is 19.9. The molecule has 0 bridgehead atoms. The monoisotopic (exact) mass is 476 g/mol. The van der Waals surface area contributed by atoms with E-state index in [-0.39, 0.29) is 28.6 Å². The Labute approximate surface area is 195 Å². The normalized spacial score (nSPS) is 13.7. The predicted octanol–water partition coefficient (Wildman–Crippen LogP) is 4.98. The number of esters is 1. The summed E-state index contributed by atoms with van der Waals surface area (Å²) in [6.45, 7) is 10.4. The van der Waals surface area contributed by atoms with Gasteiger partial charge in [0.1, 0.15) is 0 Å². The number of anilines is 1. The van der Waals surface area contributed by atoms with Gasteiger partial charge in [0.2, 0.25) is 14.7 Å². The molecule has 0 aromatic heterocycles. The Kier molecular flexibility index (Phi) is 8.24. The number of sulfone groups is 1. The van der Waals surface area contributed by atoms with Gasteiger partial charge in [-0.25, -0.2) is 13.2 Å². The van der Waals surface area contributed by atoms with Crippen molar-refractivity contribution in [1.29, 1.82) is 0 Å². The Morgan fingerprint density at radius 1 is 1.03 bits per heavy atom. The second kappa shape index (κ2) is 10.3. The summed E-state index contributed by atoms with van der Waals surface area (Å²) in [7, 11) is -4.35. The van der Waals surface area contributed by atoms with Crippen molar-refractivity contribution >= 4 is 27.2 Å². The molecule has 0 aliphatic carbocycles. The lowest BCUT2D eigenvalue weighted by Crippen LogP contribution is -2.64. The lowest BCUT2D eigenvalue weighted by molar-refractivity contribution is -0.384. The maximum absolute atomic E-state index is 14.3. The van der Waals surface area contributed by atoms with E-state index in [4.69, 9.17) is 4.74 Å². The standard InChI is InChI=1S/C24H32N2O6S/c1-17(2)16-24(23(27)32-19(5)6,33(30,31)22-13-8-7-9-14-22)25(18(3)4)20-11-10-12-21(15-20)26(28)29/h7-15,17-19H,16H2,1-6H3/t24-/m1/s1. The second-order valence-corrected chi connectivity index (χ2v) is 11.0. The highest BCUT2D eigenvalue weighted by molar-refractivity contribution is 7.93. The number of rotatable bonds is 10. The van der Waals surface area contributed by atoms with Crippen LogP contribution in [0.2, 0.25) is 0 Å². The third-order valence-corrected chi connectivity index (χ3v) is 7.38. The molecule has 2 rings (SSSR count). The molecule has 0 aliphatic heterocycles. The Bertz CT molecular complexity index is 1080. The lowest BCUT2D eigenvalue weighted by Gasteiger charge is -2.46. The quantitative estimate of drug-likeness (QED) is 0.270. The van der Waals surface area contributed by atoms with E-state index < -0.39 is 37.7 Å². The first-order valence-corrected chi connectivity index (χ1v) is 12.4. The van der Waals surface area contributed by atoms with Crippen molar-refractivity contribution in [3.05, 3.63) is 64.7 Å². The van der Waals surface area contributed by atoms with E-state index in [9.17, 15) is 23.3 Å². The maximum atomic E-state index is 14.3. The van der Waals surface area contributed by atoms with Gasteiger partial charge in [0, 0.05) is 23.9 Å². The minimum absolute atomic E-state index is 0.0255. The van der Waals surface area contributed by atoms with Crippen molar-refractivity contribution in [3.63, 3.8) is 0 Å². The highest BCUT2D eigenvalue weighted by Crippen LogP contribution is 2.41. The first-order chi connectivity index (χ1) is 15.3. The van der Waals surface area contributed by atoms with Crippen LogP contribution in [0.1, 0.15) is 48.0 Å².